The maximum atomic E-state index is 12.4. The number of ketones is 7. The molecule has 626 valence electrons. The van der Waals surface area contributed by atoms with E-state index >= 15 is 0 Å². The van der Waals surface area contributed by atoms with Crippen LogP contribution < -0.4 is 10.6 Å². The first-order valence-corrected chi connectivity index (χ1v) is 45.5. The number of allylic oxidation sites excluding steroid dienone is 3. The quantitative estimate of drug-likeness (QED) is 0.0434. The van der Waals surface area contributed by atoms with E-state index in [0.717, 1.165) is 184 Å². The molecule has 3 aliphatic heterocycles. The topological polar surface area (TPSA) is 187 Å². The first kappa shape index (κ1) is 103. The smallest absolute Gasteiger partial charge is 0.220 e. The van der Waals surface area contributed by atoms with Crippen LogP contribution in [0.1, 0.15) is 443 Å². The van der Waals surface area contributed by atoms with Crippen LogP contribution in [0.3, 0.4) is 0 Å². The molecule has 0 unspecified atom stereocenters. The average molecular weight is 1520 g/mol. The van der Waals surface area contributed by atoms with Crippen molar-refractivity contribution in [3.8, 4) is 0 Å². The summed E-state index contributed by atoms with van der Waals surface area (Å²) >= 11 is 0. The van der Waals surface area contributed by atoms with Crippen molar-refractivity contribution in [3.63, 3.8) is 0 Å². The van der Waals surface area contributed by atoms with Crippen LogP contribution in [0.5, 0.6) is 0 Å². The zero-order valence-corrected chi connectivity index (χ0v) is 72.7. The van der Waals surface area contributed by atoms with Crippen LogP contribution >= 0.6 is 0 Å². The molecular formula is C94H171N5O9. The fourth-order valence-corrected chi connectivity index (χ4v) is 16.1. The molecule has 1 aliphatic carbocycles. The van der Waals surface area contributed by atoms with E-state index in [4.69, 9.17) is 0 Å². The molecule has 14 heteroatoms. The van der Waals surface area contributed by atoms with E-state index in [2.05, 4.69) is 100 Å². The Morgan fingerprint density at radius 1 is 0.370 bits per heavy atom. The van der Waals surface area contributed by atoms with Crippen LogP contribution in [-0.2, 0) is 43.2 Å². The summed E-state index contributed by atoms with van der Waals surface area (Å²) in [5.74, 6) is 2.64. The second-order valence-electron chi connectivity index (χ2n) is 33.3. The van der Waals surface area contributed by atoms with Crippen LogP contribution in [-0.4, -0.2) is 118 Å². The molecule has 4 aliphatic rings. The van der Waals surface area contributed by atoms with Gasteiger partial charge in [-0.15, -0.1) is 0 Å². The number of hydrogen-bond acceptors (Lipinski definition) is 12. The summed E-state index contributed by atoms with van der Waals surface area (Å²) < 4.78 is 0. The van der Waals surface area contributed by atoms with Crippen molar-refractivity contribution in [2.75, 3.05) is 32.7 Å². The van der Waals surface area contributed by atoms with E-state index in [-0.39, 0.29) is 95.1 Å². The van der Waals surface area contributed by atoms with Crippen molar-refractivity contribution in [2.24, 2.45) is 17.3 Å². The Balaban J connectivity index is 0.00000133. The molecule has 2 N–H and O–H groups in total. The lowest BCUT2D eigenvalue weighted by molar-refractivity contribution is -0.131. The second kappa shape index (κ2) is 67.9. The number of rotatable bonds is 60. The largest absolute Gasteiger partial charge is 0.365 e. The molecular weight excluding hydrogens is 1340 g/mol. The number of nitrogens with zero attached hydrogens (tertiary/aromatic N) is 3. The summed E-state index contributed by atoms with van der Waals surface area (Å²) in [6.45, 7) is 41.9. The summed E-state index contributed by atoms with van der Waals surface area (Å²) in [5, 5.41) is 6.22. The molecule has 4 rings (SSSR count). The number of likely N-dealkylation sites (tertiary alicyclic amines) is 3. The van der Waals surface area contributed by atoms with E-state index in [1.807, 2.05) is 20.8 Å². The lowest BCUT2D eigenvalue weighted by Crippen LogP contribution is -2.40. The Labute approximate surface area is 664 Å². The monoisotopic (exact) mass is 1510 g/mol. The molecule has 2 amide bonds. The molecule has 0 spiro atoms. The van der Waals surface area contributed by atoms with E-state index < -0.39 is 0 Å². The van der Waals surface area contributed by atoms with Crippen LogP contribution in [0, 0.1) is 17.3 Å². The summed E-state index contributed by atoms with van der Waals surface area (Å²) in [6.07, 6.45) is 58.0. The van der Waals surface area contributed by atoms with E-state index in [0.29, 0.717) is 51.0 Å². The van der Waals surface area contributed by atoms with Crippen molar-refractivity contribution < 1.29 is 43.2 Å². The van der Waals surface area contributed by atoms with Gasteiger partial charge in [0.2, 0.25) is 11.8 Å². The third-order valence-corrected chi connectivity index (χ3v) is 22.7. The van der Waals surface area contributed by atoms with Gasteiger partial charge in [-0.25, -0.2) is 0 Å². The van der Waals surface area contributed by atoms with Crippen molar-refractivity contribution >= 4 is 52.3 Å². The highest BCUT2D eigenvalue weighted by atomic mass is 16.2. The highest BCUT2D eigenvalue weighted by Gasteiger charge is 2.35. The zero-order valence-electron chi connectivity index (χ0n) is 72.7. The maximum Gasteiger partial charge on any atom is 0.220 e. The number of Topliss-reactive ketones (excluding diaryl/α,β-unsaturated/α-hetero) is 7. The van der Waals surface area contributed by atoms with Crippen molar-refractivity contribution in [1.29, 1.82) is 0 Å². The van der Waals surface area contributed by atoms with E-state index in [1.54, 1.807) is 6.92 Å². The third-order valence-electron chi connectivity index (χ3n) is 22.7. The van der Waals surface area contributed by atoms with E-state index in [9.17, 15) is 43.2 Å². The van der Waals surface area contributed by atoms with Crippen molar-refractivity contribution in [3.05, 3.63) is 36.8 Å². The molecule has 3 saturated heterocycles. The molecule has 0 radical (unpaired) electrons. The predicted molar refractivity (Wildman–Crippen MR) is 456 cm³/mol. The summed E-state index contributed by atoms with van der Waals surface area (Å²) in [5.41, 5.74) is 3.22. The van der Waals surface area contributed by atoms with Crippen LogP contribution in [0.15, 0.2) is 36.8 Å². The highest BCUT2D eigenvalue weighted by Crippen LogP contribution is 2.39. The van der Waals surface area contributed by atoms with Crippen molar-refractivity contribution in [2.45, 2.75) is 461 Å². The van der Waals surface area contributed by atoms with Crippen LogP contribution in [0.2, 0.25) is 0 Å². The average Bonchev–Trinajstić information content (AvgIpc) is 1.36. The molecule has 4 atom stereocenters. The minimum atomic E-state index is -0.136. The molecule has 14 nitrogen and oxygen atoms in total. The Morgan fingerprint density at radius 3 is 0.917 bits per heavy atom. The summed E-state index contributed by atoms with van der Waals surface area (Å²) in [7, 11) is 0. The molecule has 0 aromatic rings. The fraction of sp³-hybridized carbons (Fsp3) is 0.840. The highest BCUT2D eigenvalue weighted by molar-refractivity contribution is 6.03. The lowest BCUT2D eigenvalue weighted by atomic mass is 9.71. The molecule has 0 aromatic heterocycles. The fourth-order valence-electron chi connectivity index (χ4n) is 16.1. The van der Waals surface area contributed by atoms with Gasteiger partial charge in [-0.05, 0) is 133 Å². The molecule has 1 saturated carbocycles. The van der Waals surface area contributed by atoms with Gasteiger partial charge in [-0.2, -0.15) is 0 Å². The number of carbonyl (C=O) groups excluding carboxylic acids is 9. The first-order chi connectivity index (χ1) is 52.0. The van der Waals surface area contributed by atoms with E-state index in [1.165, 1.54) is 167 Å². The molecule has 3 heterocycles. The number of amides is 2. The number of nitrogens with one attached hydrogen (secondary N) is 2. The SMILES string of the molecule is C=C1CCCN1[C@@H](CC)C(=O)CC(=O)CCCCCCC.C=C1CCCN1[C@@H](CC)C(=O)CC(=O)CCCCCCCC.C=C1CCCN1[C@@H](CC)C(=O)CC(=O)CCCCCCCCC.CCCCCCCCC(=O)NCC1(CC(C)=O)CCCCC1.CCCCCCCCCC(=O)NC[C@H](CC)CC(C)C. The number of carbonyl (C=O) groups is 9. The zero-order chi connectivity index (χ0) is 80.6. The standard InChI is InChI=1S/C20H35NO2.C19H33NO2.C19H35NO2.C18H31NO2.C18H37NO/c1-4-6-7-8-9-10-11-14-18(22)16-20(23)19(5-2)21-15-12-13-17(21)3;1-4-6-7-8-9-10-13-17(21)15-19(22)18(5-2)20-14-11-12-16(20)3;1-3-4-5-6-7-9-12-18(22)20-16-19(15-17(2)21)13-10-8-11-14-19;1-4-6-7-8-9-12-16(20)14-18(21)17(5-2)19-13-10-11-15(19)3;1-5-7-8-9-10-11-12-13-18(20)19-15-17(6-2)14-16(3)4/h19H,3-16H2,1-2H3;18H,3-15H2,1-2H3;3-16H2,1-2H3,(H,20,22);17H,3-14H2,1-2H3;16-17H,5-15H2,1-4H3,(H,19,20)/t19-;18-;;2*17-/m00.01/s1. The van der Waals surface area contributed by atoms with Gasteiger partial charge < -0.3 is 30.1 Å². The van der Waals surface area contributed by atoms with Gasteiger partial charge in [-0.3, -0.25) is 38.4 Å². The van der Waals surface area contributed by atoms with Gasteiger partial charge >= 0.3 is 0 Å². The van der Waals surface area contributed by atoms with Gasteiger partial charge in [0.1, 0.15) is 23.1 Å². The Hall–Kier alpha value is -4.75. The van der Waals surface area contributed by atoms with Gasteiger partial charge in [0.25, 0.3) is 0 Å². The maximum absolute atomic E-state index is 12.4. The van der Waals surface area contributed by atoms with Crippen LogP contribution in [0.4, 0.5) is 0 Å². The summed E-state index contributed by atoms with van der Waals surface area (Å²) in [6, 6.07) is -0.407. The normalized spacial score (nSPS) is 15.7. The molecule has 108 heavy (non-hydrogen) atoms. The summed E-state index contributed by atoms with van der Waals surface area (Å²) in [4.78, 5) is 115. The first-order valence-electron chi connectivity index (χ1n) is 45.5. The lowest BCUT2D eigenvalue weighted by Gasteiger charge is -2.36. The van der Waals surface area contributed by atoms with Gasteiger partial charge in [-0.1, -0.05) is 289 Å². The minimum absolute atomic E-state index is 0.0425. The third kappa shape index (κ3) is 51.7. The van der Waals surface area contributed by atoms with Gasteiger partial charge in [0, 0.05) is 88.3 Å². The Bertz CT molecular complexity index is 2450. The van der Waals surface area contributed by atoms with Crippen LogP contribution in [0.25, 0.3) is 0 Å². The predicted octanol–water partition coefficient (Wildman–Crippen LogP) is 24.1. The molecule has 0 aromatic carbocycles. The van der Waals surface area contributed by atoms with Gasteiger partial charge in [0.15, 0.2) is 17.3 Å². The minimum Gasteiger partial charge on any atom is -0.365 e. The Morgan fingerprint density at radius 2 is 0.657 bits per heavy atom. The van der Waals surface area contributed by atoms with Gasteiger partial charge in [0.05, 0.1) is 37.4 Å². The number of unbranched alkanes of at least 4 members (excludes halogenated alkanes) is 26. The Kier molecular flexibility index (Phi) is 64.9. The second-order valence-corrected chi connectivity index (χ2v) is 33.3. The molecule has 4 fully saturated rings. The van der Waals surface area contributed by atoms with Crippen molar-refractivity contribution in [1.82, 2.24) is 25.3 Å². The molecule has 0 bridgehead atoms. The number of hydrogen-bond donors (Lipinski definition) is 2.